The van der Waals surface area contributed by atoms with Crippen LogP contribution in [0.5, 0.6) is 0 Å². The maximum absolute atomic E-state index is 3.97. The van der Waals surface area contributed by atoms with E-state index in [1.165, 1.54) is 83.5 Å². The van der Waals surface area contributed by atoms with Crippen molar-refractivity contribution in [2.45, 2.75) is 118 Å². The Kier molecular flexibility index (Phi) is 15.7. The molecule has 0 nitrogen and oxygen atoms in total. The molecule has 0 aliphatic heterocycles. The summed E-state index contributed by atoms with van der Waals surface area (Å²) in [6.45, 7) is 19.6. The molecule has 0 rings (SSSR count). The lowest BCUT2D eigenvalue weighted by atomic mass is 9.77. The van der Waals surface area contributed by atoms with Crippen molar-refractivity contribution >= 4 is 0 Å². The first-order valence-electron chi connectivity index (χ1n) is 11.8. The quantitative estimate of drug-likeness (QED) is 0.165. The summed E-state index contributed by atoms with van der Waals surface area (Å²) >= 11 is 0. The molecule has 0 aliphatic carbocycles. The Hall–Kier alpha value is -0.780. The number of unbranched alkanes of at least 4 members (excludes halogenated alkanes) is 8. The average molecular weight is 375 g/mol. The number of hydrogen-bond acceptors (Lipinski definition) is 0. The van der Waals surface area contributed by atoms with Gasteiger partial charge in [-0.2, -0.15) is 0 Å². The summed E-state index contributed by atoms with van der Waals surface area (Å²) in [4.78, 5) is 0. The summed E-state index contributed by atoms with van der Waals surface area (Å²) in [6, 6.07) is 0. The van der Waals surface area contributed by atoms with Crippen molar-refractivity contribution in [3.05, 3.63) is 37.0 Å². The van der Waals surface area contributed by atoms with Gasteiger partial charge in [0.2, 0.25) is 0 Å². The van der Waals surface area contributed by atoms with Gasteiger partial charge in [0.05, 0.1) is 0 Å². The molecule has 2 atom stereocenters. The number of allylic oxidation sites excluding steroid dienone is 4. The normalized spacial score (nSPS) is 14.8. The minimum atomic E-state index is 0.357. The lowest BCUT2D eigenvalue weighted by Gasteiger charge is -2.29. The third-order valence-electron chi connectivity index (χ3n) is 5.80. The van der Waals surface area contributed by atoms with E-state index in [-0.39, 0.29) is 0 Å². The second-order valence-corrected chi connectivity index (χ2v) is 9.64. The largest absolute Gasteiger partial charge is 0.103 e. The molecule has 0 N–H and O–H groups in total. The summed E-state index contributed by atoms with van der Waals surface area (Å²) in [5.74, 6) is 1.22. The van der Waals surface area contributed by atoms with Gasteiger partial charge in [-0.3, -0.25) is 0 Å². The highest BCUT2D eigenvalue weighted by Gasteiger charge is 2.21. The van der Waals surface area contributed by atoms with E-state index in [4.69, 9.17) is 0 Å². The Bertz CT molecular complexity index is 398. The van der Waals surface area contributed by atoms with Crippen molar-refractivity contribution < 1.29 is 0 Å². The van der Waals surface area contributed by atoms with Gasteiger partial charge in [0.25, 0.3) is 0 Å². The van der Waals surface area contributed by atoms with Crippen LogP contribution >= 0.6 is 0 Å². The Balaban J connectivity index is 4.41. The van der Waals surface area contributed by atoms with E-state index in [2.05, 4.69) is 66.0 Å². The zero-order chi connectivity index (χ0) is 20.5. The minimum absolute atomic E-state index is 0.357. The van der Waals surface area contributed by atoms with E-state index < -0.39 is 0 Å². The summed E-state index contributed by atoms with van der Waals surface area (Å²) in [5.41, 5.74) is 2.03. The van der Waals surface area contributed by atoms with Crippen molar-refractivity contribution in [2.24, 2.45) is 17.3 Å². The van der Waals surface area contributed by atoms with Gasteiger partial charge < -0.3 is 0 Å². The molecule has 0 heterocycles. The van der Waals surface area contributed by atoms with Crippen molar-refractivity contribution in [3.8, 4) is 0 Å². The molecule has 158 valence electrons. The van der Waals surface area contributed by atoms with E-state index in [0.29, 0.717) is 17.3 Å². The first-order valence-corrected chi connectivity index (χ1v) is 11.8. The van der Waals surface area contributed by atoms with Gasteiger partial charge in [-0.1, -0.05) is 103 Å². The van der Waals surface area contributed by atoms with Crippen LogP contribution in [0.25, 0.3) is 0 Å². The standard InChI is InChI=1S/C27H50/c1-8-11-12-13-14-15-16-17-18-19-26(21-20-24(4)9-2)23-27(6,7)22-25(5)10-3/h9-10,19,24-25H,2-3,8,11-18,20-23H2,1,4-7H3. The molecule has 0 spiro atoms. The average Bonchev–Trinajstić information content (AvgIpc) is 2.63. The molecule has 2 unspecified atom stereocenters. The fourth-order valence-corrected chi connectivity index (χ4v) is 4.02. The SMILES string of the molecule is C=CC(C)CCC(=CCCCCCCCCCC)CC(C)(C)CC(C)C=C. The van der Waals surface area contributed by atoms with Crippen LogP contribution in [0.4, 0.5) is 0 Å². The molecule has 0 heteroatoms. The highest BCUT2D eigenvalue weighted by Crippen LogP contribution is 2.35. The molecule has 27 heavy (non-hydrogen) atoms. The molecule has 0 aliphatic rings. The fourth-order valence-electron chi connectivity index (χ4n) is 4.02. The van der Waals surface area contributed by atoms with Gasteiger partial charge >= 0.3 is 0 Å². The highest BCUT2D eigenvalue weighted by atomic mass is 14.3. The van der Waals surface area contributed by atoms with Crippen molar-refractivity contribution in [1.82, 2.24) is 0 Å². The minimum Gasteiger partial charge on any atom is -0.103 e. The maximum atomic E-state index is 3.97. The van der Waals surface area contributed by atoms with Gasteiger partial charge in [0.15, 0.2) is 0 Å². The third-order valence-corrected chi connectivity index (χ3v) is 5.80. The number of rotatable bonds is 18. The van der Waals surface area contributed by atoms with Gasteiger partial charge in [0.1, 0.15) is 0 Å². The summed E-state index contributed by atoms with van der Waals surface area (Å²) in [7, 11) is 0. The van der Waals surface area contributed by atoms with Crippen LogP contribution in [-0.2, 0) is 0 Å². The first kappa shape index (κ1) is 26.2. The van der Waals surface area contributed by atoms with Gasteiger partial charge in [0, 0.05) is 0 Å². The zero-order valence-corrected chi connectivity index (χ0v) is 19.5. The molecular formula is C27H50. The molecule has 0 bridgehead atoms. The van der Waals surface area contributed by atoms with Gasteiger partial charge in [-0.05, 0) is 55.8 Å². The monoisotopic (exact) mass is 374 g/mol. The molecule has 0 saturated heterocycles. The predicted octanol–water partition coefficient (Wildman–Crippen LogP) is 9.67. The van der Waals surface area contributed by atoms with Crippen LogP contribution in [0.1, 0.15) is 118 Å². The Morgan fingerprint density at radius 3 is 1.96 bits per heavy atom. The van der Waals surface area contributed by atoms with E-state index >= 15 is 0 Å². The lowest BCUT2D eigenvalue weighted by molar-refractivity contribution is 0.294. The van der Waals surface area contributed by atoms with Gasteiger partial charge in [-0.25, -0.2) is 0 Å². The maximum Gasteiger partial charge on any atom is -0.0259 e. The molecule has 0 radical (unpaired) electrons. The van der Waals surface area contributed by atoms with Crippen LogP contribution in [0.3, 0.4) is 0 Å². The van der Waals surface area contributed by atoms with Crippen LogP contribution in [0.15, 0.2) is 37.0 Å². The Morgan fingerprint density at radius 1 is 0.852 bits per heavy atom. The van der Waals surface area contributed by atoms with Crippen LogP contribution in [0, 0.1) is 17.3 Å². The van der Waals surface area contributed by atoms with Crippen molar-refractivity contribution in [2.75, 3.05) is 0 Å². The van der Waals surface area contributed by atoms with Crippen LogP contribution in [-0.4, -0.2) is 0 Å². The molecule has 0 fully saturated rings. The van der Waals surface area contributed by atoms with Crippen LogP contribution < -0.4 is 0 Å². The Labute approximate surface area is 172 Å². The van der Waals surface area contributed by atoms with E-state index in [1.807, 2.05) is 0 Å². The number of hydrogen-bond donors (Lipinski definition) is 0. The lowest BCUT2D eigenvalue weighted by Crippen LogP contribution is -2.16. The topological polar surface area (TPSA) is 0 Å². The highest BCUT2D eigenvalue weighted by molar-refractivity contribution is 5.06. The fraction of sp³-hybridized carbons (Fsp3) is 0.778. The second-order valence-electron chi connectivity index (χ2n) is 9.64. The molecule has 0 aromatic rings. The van der Waals surface area contributed by atoms with Crippen molar-refractivity contribution in [3.63, 3.8) is 0 Å². The molecule has 0 saturated carbocycles. The molecule has 0 amide bonds. The summed E-state index contributed by atoms with van der Waals surface area (Å²) < 4.78 is 0. The van der Waals surface area contributed by atoms with Crippen molar-refractivity contribution in [1.29, 1.82) is 0 Å². The first-order chi connectivity index (χ1) is 12.8. The Morgan fingerprint density at radius 2 is 1.41 bits per heavy atom. The predicted molar refractivity (Wildman–Crippen MR) is 126 cm³/mol. The molecule has 0 aromatic carbocycles. The van der Waals surface area contributed by atoms with E-state index in [1.54, 1.807) is 5.57 Å². The summed E-state index contributed by atoms with van der Waals surface area (Å²) in [5, 5.41) is 0. The summed E-state index contributed by atoms with van der Waals surface area (Å²) in [6.07, 6.45) is 24.2. The van der Waals surface area contributed by atoms with Crippen LogP contribution in [0.2, 0.25) is 0 Å². The molecular weight excluding hydrogens is 324 g/mol. The third kappa shape index (κ3) is 15.9. The van der Waals surface area contributed by atoms with E-state index in [0.717, 1.165) is 0 Å². The second kappa shape index (κ2) is 16.2. The molecule has 0 aromatic heterocycles. The smallest absolute Gasteiger partial charge is 0.0259 e. The van der Waals surface area contributed by atoms with E-state index in [9.17, 15) is 0 Å². The van der Waals surface area contributed by atoms with Gasteiger partial charge in [-0.15, -0.1) is 13.2 Å². The zero-order valence-electron chi connectivity index (χ0n) is 19.5.